The lowest BCUT2D eigenvalue weighted by molar-refractivity contribution is -0.122. The van der Waals surface area contributed by atoms with E-state index in [9.17, 15) is 9.18 Å². The number of carbonyl (C=O) groups is 1. The molecule has 0 aliphatic carbocycles. The van der Waals surface area contributed by atoms with E-state index in [2.05, 4.69) is 4.98 Å². The molecule has 1 aromatic heterocycles. The number of rotatable bonds is 3. The first-order chi connectivity index (χ1) is 8.43. The Morgan fingerprint density at radius 1 is 1.44 bits per heavy atom. The van der Waals surface area contributed by atoms with Gasteiger partial charge in [0, 0.05) is 0 Å². The van der Waals surface area contributed by atoms with Gasteiger partial charge in [0.05, 0.1) is 5.52 Å². The van der Waals surface area contributed by atoms with Gasteiger partial charge in [-0.05, 0) is 18.1 Å². The molecule has 6 heteroatoms. The number of hydrogen-bond acceptors (Lipinski definition) is 3. The molecule has 0 aliphatic rings. The average Bonchev–Trinajstić information content (AvgIpc) is 2.57. The van der Waals surface area contributed by atoms with Crippen LogP contribution < -0.4 is 11.5 Å². The van der Waals surface area contributed by atoms with Crippen LogP contribution in [0.4, 0.5) is 10.3 Å². The molecule has 0 saturated carbocycles. The van der Waals surface area contributed by atoms with Crippen molar-refractivity contribution in [2.24, 2.45) is 11.7 Å². The number of halogens is 1. The lowest BCUT2D eigenvalue weighted by Crippen LogP contribution is -2.31. The Morgan fingerprint density at radius 3 is 2.67 bits per heavy atom. The van der Waals surface area contributed by atoms with E-state index in [0.29, 0.717) is 5.52 Å². The van der Waals surface area contributed by atoms with Crippen LogP contribution in [0, 0.1) is 11.7 Å². The van der Waals surface area contributed by atoms with Gasteiger partial charge in [-0.2, -0.15) is 0 Å². The van der Waals surface area contributed by atoms with Crippen molar-refractivity contribution in [1.82, 2.24) is 9.55 Å². The molecular weight excluding hydrogens is 235 g/mol. The molecule has 0 saturated heterocycles. The van der Waals surface area contributed by atoms with Crippen LogP contribution in [-0.2, 0) is 4.79 Å². The maximum atomic E-state index is 13.6. The Bertz CT molecular complexity index is 605. The fourth-order valence-corrected chi connectivity index (χ4v) is 2.15. The van der Waals surface area contributed by atoms with Crippen molar-refractivity contribution in [2.45, 2.75) is 19.9 Å². The number of amides is 1. The number of benzene rings is 1. The highest BCUT2D eigenvalue weighted by atomic mass is 19.1. The minimum atomic E-state index is -0.642. The second-order valence-corrected chi connectivity index (χ2v) is 4.54. The molecule has 0 fully saturated rings. The Labute approximate surface area is 104 Å². The Kier molecular flexibility index (Phi) is 2.94. The Hall–Kier alpha value is -2.11. The van der Waals surface area contributed by atoms with Gasteiger partial charge in [0.1, 0.15) is 11.6 Å². The van der Waals surface area contributed by atoms with E-state index >= 15 is 0 Å². The van der Waals surface area contributed by atoms with Gasteiger partial charge in [-0.15, -0.1) is 0 Å². The van der Waals surface area contributed by atoms with Crippen molar-refractivity contribution < 1.29 is 9.18 Å². The van der Waals surface area contributed by atoms with E-state index in [0.717, 1.165) is 0 Å². The first-order valence-electron chi connectivity index (χ1n) is 5.64. The summed E-state index contributed by atoms with van der Waals surface area (Å²) in [4.78, 5) is 15.5. The third-order valence-electron chi connectivity index (χ3n) is 2.90. The molecule has 0 aliphatic heterocycles. The Balaban J connectivity index is 2.74. The number of nitrogens with zero attached hydrogens (tertiary/aromatic N) is 2. The summed E-state index contributed by atoms with van der Waals surface area (Å²) in [6, 6.07) is 3.87. The summed E-state index contributed by atoms with van der Waals surface area (Å²) in [6.07, 6.45) is 0. The molecule has 18 heavy (non-hydrogen) atoms. The smallest absolute Gasteiger partial charge is 0.240 e. The van der Waals surface area contributed by atoms with Crippen LogP contribution in [0.2, 0.25) is 0 Å². The van der Waals surface area contributed by atoms with Gasteiger partial charge in [-0.25, -0.2) is 9.37 Å². The van der Waals surface area contributed by atoms with E-state index in [-0.39, 0.29) is 17.4 Å². The number of fused-ring (bicyclic) bond motifs is 1. The Morgan fingerprint density at radius 2 is 2.11 bits per heavy atom. The van der Waals surface area contributed by atoms with E-state index in [1.165, 1.54) is 10.6 Å². The lowest BCUT2D eigenvalue weighted by Gasteiger charge is -2.20. The fraction of sp³-hybridized carbons (Fsp3) is 0.333. The van der Waals surface area contributed by atoms with Gasteiger partial charge in [0.2, 0.25) is 11.9 Å². The first kappa shape index (κ1) is 12.3. The summed E-state index contributed by atoms with van der Waals surface area (Å²) in [5.74, 6) is -0.955. The zero-order chi connectivity index (χ0) is 13.4. The molecule has 0 radical (unpaired) electrons. The number of nitrogen functional groups attached to an aromatic ring is 1. The van der Waals surface area contributed by atoms with E-state index in [4.69, 9.17) is 11.5 Å². The van der Waals surface area contributed by atoms with Crippen molar-refractivity contribution in [3.05, 3.63) is 24.0 Å². The van der Waals surface area contributed by atoms with Crippen molar-refractivity contribution in [1.29, 1.82) is 0 Å². The molecular formula is C12H15FN4O. The molecule has 1 heterocycles. The quantitative estimate of drug-likeness (QED) is 0.864. The summed E-state index contributed by atoms with van der Waals surface area (Å²) < 4.78 is 15.1. The second-order valence-electron chi connectivity index (χ2n) is 4.54. The van der Waals surface area contributed by atoms with Crippen molar-refractivity contribution in [3.63, 3.8) is 0 Å². The van der Waals surface area contributed by atoms with E-state index < -0.39 is 17.8 Å². The zero-order valence-corrected chi connectivity index (χ0v) is 10.2. The van der Waals surface area contributed by atoms with E-state index in [1.807, 2.05) is 13.8 Å². The van der Waals surface area contributed by atoms with Gasteiger partial charge < -0.3 is 11.5 Å². The van der Waals surface area contributed by atoms with Gasteiger partial charge in [0.25, 0.3) is 0 Å². The van der Waals surface area contributed by atoms with Crippen LogP contribution in [0.1, 0.15) is 19.9 Å². The predicted molar refractivity (Wildman–Crippen MR) is 67.2 cm³/mol. The minimum Gasteiger partial charge on any atom is -0.369 e. The summed E-state index contributed by atoms with van der Waals surface area (Å²) >= 11 is 0. The minimum absolute atomic E-state index is 0.0644. The standard InChI is InChI=1S/C12H15FN4O/c1-6(2)10(11(14)18)17-8-5-3-4-7(13)9(8)16-12(17)15/h3-6,10H,1-2H3,(H2,14,18)(H2,15,16). The maximum absolute atomic E-state index is 13.6. The average molecular weight is 250 g/mol. The number of aromatic nitrogens is 2. The number of hydrogen-bond donors (Lipinski definition) is 2. The number of primary amides is 1. The largest absolute Gasteiger partial charge is 0.369 e. The van der Waals surface area contributed by atoms with Gasteiger partial charge >= 0.3 is 0 Å². The molecule has 96 valence electrons. The number of imidazole rings is 1. The molecule has 2 rings (SSSR count). The topological polar surface area (TPSA) is 86.9 Å². The van der Waals surface area contributed by atoms with Crippen LogP contribution in [0.5, 0.6) is 0 Å². The molecule has 1 atom stereocenters. The van der Waals surface area contributed by atoms with Crippen LogP contribution in [0.25, 0.3) is 11.0 Å². The normalized spacial score (nSPS) is 13.1. The molecule has 1 aromatic carbocycles. The third kappa shape index (κ3) is 1.79. The van der Waals surface area contributed by atoms with Crippen LogP contribution in [0.3, 0.4) is 0 Å². The van der Waals surface area contributed by atoms with E-state index in [1.54, 1.807) is 12.1 Å². The number of para-hydroxylation sites is 1. The van der Waals surface area contributed by atoms with Crippen LogP contribution in [0.15, 0.2) is 18.2 Å². The predicted octanol–water partition coefficient (Wildman–Crippen LogP) is 1.44. The maximum Gasteiger partial charge on any atom is 0.240 e. The summed E-state index contributed by atoms with van der Waals surface area (Å²) in [6.45, 7) is 3.69. The summed E-state index contributed by atoms with van der Waals surface area (Å²) in [5, 5.41) is 0. The highest BCUT2D eigenvalue weighted by molar-refractivity contribution is 5.85. The third-order valence-corrected chi connectivity index (χ3v) is 2.90. The SMILES string of the molecule is CC(C)C(C(N)=O)n1c(N)nc2c(F)cccc21. The highest BCUT2D eigenvalue weighted by Crippen LogP contribution is 2.28. The second kappa shape index (κ2) is 4.29. The summed E-state index contributed by atoms with van der Waals surface area (Å²) in [7, 11) is 0. The van der Waals surface area contributed by atoms with Crippen LogP contribution in [-0.4, -0.2) is 15.5 Å². The molecule has 0 bridgehead atoms. The van der Waals surface area contributed by atoms with Crippen molar-refractivity contribution in [3.8, 4) is 0 Å². The molecule has 1 unspecified atom stereocenters. The van der Waals surface area contributed by atoms with Gasteiger partial charge in [-0.3, -0.25) is 9.36 Å². The molecule has 5 nitrogen and oxygen atoms in total. The monoisotopic (exact) mass is 250 g/mol. The first-order valence-corrected chi connectivity index (χ1v) is 5.64. The van der Waals surface area contributed by atoms with Gasteiger partial charge in [0.15, 0.2) is 5.82 Å². The molecule has 4 N–H and O–H groups in total. The fourth-order valence-electron chi connectivity index (χ4n) is 2.15. The molecule has 0 spiro atoms. The van der Waals surface area contributed by atoms with Crippen molar-refractivity contribution >= 4 is 22.9 Å². The molecule has 2 aromatic rings. The van der Waals surface area contributed by atoms with Crippen molar-refractivity contribution in [2.75, 3.05) is 5.73 Å². The summed E-state index contributed by atoms with van der Waals surface area (Å²) in [5.41, 5.74) is 11.8. The van der Waals surface area contributed by atoms with Crippen LogP contribution >= 0.6 is 0 Å². The number of anilines is 1. The molecule has 1 amide bonds. The number of carbonyl (C=O) groups excluding carboxylic acids is 1. The number of nitrogens with two attached hydrogens (primary N) is 2. The highest BCUT2D eigenvalue weighted by Gasteiger charge is 2.26. The van der Waals surface area contributed by atoms with Gasteiger partial charge in [-0.1, -0.05) is 19.9 Å². The zero-order valence-electron chi connectivity index (χ0n) is 10.2. The lowest BCUT2D eigenvalue weighted by atomic mass is 10.0.